The molecule has 3 atom stereocenters. The van der Waals surface area contributed by atoms with Crippen LogP contribution in [-0.4, -0.2) is 48.9 Å². The van der Waals surface area contributed by atoms with Crippen molar-refractivity contribution in [2.24, 2.45) is 5.92 Å². The highest BCUT2D eigenvalue weighted by molar-refractivity contribution is 6.30. The molecule has 218 valence electrons. The maximum atomic E-state index is 13.2. The predicted molar refractivity (Wildman–Crippen MR) is 144 cm³/mol. The van der Waals surface area contributed by atoms with Crippen LogP contribution in [-0.2, 0) is 24.6 Å². The predicted octanol–water partition coefficient (Wildman–Crippen LogP) is 4.26. The van der Waals surface area contributed by atoms with Crippen molar-refractivity contribution >= 4 is 35.1 Å². The topological polar surface area (TPSA) is 114 Å². The highest BCUT2D eigenvalue weighted by Crippen LogP contribution is 2.26. The number of rotatable bonds is 11. The van der Waals surface area contributed by atoms with Crippen molar-refractivity contribution in [2.75, 3.05) is 7.11 Å². The second-order valence-electron chi connectivity index (χ2n) is 10.1. The van der Waals surface area contributed by atoms with Gasteiger partial charge in [-0.2, -0.15) is 13.2 Å². The number of carbonyl (C=O) groups is 4. The number of benzene rings is 2. The fourth-order valence-electron chi connectivity index (χ4n) is 3.76. The Morgan fingerprint density at radius 3 is 1.98 bits per heavy atom. The molecule has 0 bridgehead atoms. The number of methoxy groups -OCH3 is 1. The Hall–Kier alpha value is -3.60. The van der Waals surface area contributed by atoms with Gasteiger partial charge in [0.15, 0.2) is 0 Å². The molecule has 3 N–H and O–H groups in total. The van der Waals surface area contributed by atoms with Crippen LogP contribution >= 0.6 is 11.6 Å². The summed E-state index contributed by atoms with van der Waals surface area (Å²) in [6, 6.07) is 8.09. The molecule has 3 amide bonds. The monoisotopic (exact) mass is 583 g/mol. The summed E-state index contributed by atoms with van der Waals surface area (Å²) in [7, 11) is 1.42. The van der Waals surface area contributed by atoms with Crippen LogP contribution in [0.15, 0.2) is 48.5 Å². The minimum atomic E-state index is -5.17. The van der Waals surface area contributed by atoms with Crippen LogP contribution in [0.25, 0.3) is 0 Å². The molecule has 0 heterocycles. The summed E-state index contributed by atoms with van der Waals surface area (Å²) in [6.07, 6.45) is -5.17. The largest absolute Gasteiger partial charge is 0.497 e. The third kappa shape index (κ3) is 8.20. The van der Waals surface area contributed by atoms with Crippen molar-refractivity contribution in [3.05, 3.63) is 64.7 Å². The molecule has 0 saturated heterocycles. The van der Waals surface area contributed by atoms with E-state index >= 15 is 0 Å². The Bertz CT molecular complexity index is 1230. The van der Waals surface area contributed by atoms with Crippen LogP contribution in [0.3, 0.4) is 0 Å². The standard InChI is InChI=1S/C28H33ClF3N3O5/c1-15(2)21(23(36)28(30,31)32)34-25(38)22(17-10-12-20(40-6)13-11-17)35-24(37)16(3)33-26(39)27(4,5)18-8-7-9-19(29)14-18/h7-16,21-22H,1-6H3,(H,33,39)(H,34,38)(H,35,37). The molecular formula is C28H33ClF3N3O5. The van der Waals surface area contributed by atoms with E-state index in [4.69, 9.17) is 16.3 Å². The van der Waals surface area contributed by atoms with Crippen molar-refractivity contribution in [1.82, 2.24) is 16.0 Å². The molecule has 2 rings (SSSR count). The molecule has 0 fully saturated rings. The van der Waals surface area contributed by atoms with Crippen molar-refractivity contribution < 1.29 is 37.1 Å². The second kappa shape index (κ2) is 13.2. The number of Topliss-reactive ketones (excluding diaryl/α,β-unsaturated/α-hetero) is 1. The van der Waals surface area contributed by atoms with Gasteiger partial charge in [-0.3, -0.25) is 19.2 Å². The number of ether oxygens (including phenoxy) is 1. The van der Waals surface area contributed by atoms with Crippen LogP contribution in [0.1, 0.15) is 51.8 Å². The lowest BCUT2D eigenvalue weighted by Gasteiger charge is -2.28. The number of hydrogen-bond donors (Lipinski definition) is 3. The number of amides is 3. The van der Waals surface area contributed by atoms with Gasteiger partial charge in [-0.05, 0) is 62.1 Å². The molecule has 8 nitrogen and oxygen atoms in total. The van der Waals surface area contributed by atoms with Gasteiger partial charge in [0, 0.05) is 5.02 Å². The van der Waals surface area contributed by atoms with Crippen LogP contribution in [0.5, 0.6) is 5.75 Å². The van der Waals surface area contributed by atoms with E-state index in [0.717, 1.165) is 0 Å². The highest BCUT2D eigenvalue weighted by Gasteiger charge is 2.45. The number of nitrogens with one attached hydrogen (secondary N) is 3. The van der Waals surface area contributed by atoms with Crippen LogP contribution in [0.4, 0.5) is 13.2 Å². The zero-order valence-corrected chi connectivity index (χ0v) is 23.7. The van der Waals surface area contributed by atoms with E-state index in [2.05, 4.69) is 16.0 Å². The summed E-state index contributed by atoms with van der Waals surface area (Å²) in [4.78, 5) is 51.4. The zero-order valence-electron chi connectivity index (χ0n) is 23.0. The molecule has 2 aromatic carbocycles. The van der Waals surface area contributed by atoms with Crippen molar-refractivity contribution in [3.63, 3.8) is 0 Å². The van der Waals surface area contributed by atoms with Crippen LogP contribution < -0.4 is 20.7 Å². The number of alkyl halides is 3. The van der Waals surface area contributed by atoms with Crippen LogP contribution in [0, 0.1) is 5.92 Å². The minimum Gasteiger partial charge on any atom is -0.497 e. The third-order valence-electron chi connectivity index (χ3n) is 6.38. The molecule has 12 heteroatoms. The van der Waals surface area contributed by atoms with E-state index in [0.29, 0.717) is 16.3 Å². The van der Waals surface area contributed by atoms with Gasteiger partial charge in [-0.15, -0.1) is 0 Å². The summed E-state index contributed by atoms with van der Waals surface area (Å²) in [5.41, 5.74) is -0.254. The van der Waals surface area contributed by atoms with E-state index in [9.17, 15) is 32.3 Å². The Balaban J connectivity index is 2.29. The maximum Gasteiger partial charge on any atom is 0.452 e. The van der Waals surface area contributed by atoms with Gasteiger partial charge in [0.25, 0.3) is 5.78 Å². The first-order valence-electron chi connectivity index (χ1n) is 12.4. The normalized spacial score (nSPS) is 14.1. The molecule has 40 heavy (non-hydrogen) atoms. The zero-order chi connectivity index (χ0) is 30.4. The molecule has 0 radical (unpaired) electrons. The Morgan fingerprint density at radius 2 is 1.48 bits per heavy atom. The second-order valence-corrected chi connectivity index (χ2v) is 10.6. The van der Waals surface area contributed by atoms with Gasteiger partial charge in [0.1, 0.15) is 17.8 Å². The quantitative estimate of drug-likeness (QED) is 0.366. The molecule has 0 aliphatic heterocycles. The van der Waals surface area contributed by atoms with Gasteiger partial charge in [0.05, 0.1) is 18.6 Å². The molecule has 0 saturated carbocycles. The van der Waals surface area contributed by atoms with Gasteiger partial charge in [-0.25, -0.2) is 0 Å². The molecular weight excluding hydrogens is 551 g/mol. The first-order chi connectivity index (χ1) is 18.5. The fraction of sp³-hybridized carbons (Fsp3) is 0.429. The van der Waals surface area contributed by atoms with E-state index in [1.807, 2.05) is 0 Å². The average Bonchev–Trinajstić information content (AvgIpc) is 2.88. The Morgan fingerprint density at radius 1 is 0.875 bits per heavy atom. The van der Waals surface area contributed by atoms with Gasteiger partial charge < -0.3 is 20.7 Å². The van der Waals surface area contributed by atoms with Crippen molar-refractivity contribution in [3.8, 4) is 5.75 Å². The summed E-state index contributed by atoms with van der Waals surface area (Å²) in [5, 5.41) is 7.64. The molecule has 0 aliphatic carbocycles. The SMILES string of the molecule is COc1ccc(C(NC(=O)C(C)NC(=O)C(C)(C)c2cccc(Cl)c2)C(=O)NC(C(=O)C(F)(F)F)C(C)C)cc1. The summed E-state index contributed by atoms with van der Waals surface area (Å²) < 4.78 is 44.6. The summed E-state index contributed by atoms with van der Waals surface area (Å²) in [5.74, 6) is -4.89. The van der Waals surface area contributed by atoms with Crippen molar-refractivity contribution in [1.29, 1.82) is 0 Å². The number of ketones is 1. The molecule has 0 aromatic heterocycles. The van der Waals surface area contributed by atoms with E-state index < -0.39 is 59.1 Å². The lowest BCUT2D eigenvalue weighted by molar-refractivity contribution is -0.175. The Kier molecular flexibility index (Phi) is 10.7. The first kappa shape index (κ1) is 32.6. The molecule has 0 aliphatic rings. The fourth-order valence-corrected chi connectivity index (χ4v) is 3.95. The highest BCUT2D eigenvalue weighted by atomic mass is 35.5. The third-order valence-corrected chi connectivity index (χ3v) is 6.61. The Labute approximate surface area is 236 Å². The van der Waals surface area contributed by atoms with Gasteiger partial charge >= 0.3 is 6.18 Å². The van der Waals surface area contributed by atoms with Crippen molar-refractivity contribution in [2.45, 2.75) is 64.3 Å². The maximum absolute atomic E-state index is 13.2. The lowest BCUT2D eigenvalue weighted by atomic mass is 9.83. The van der Waals surface area contributed by atoms with Gasteiger partial charge in [-0.1, -0.05) is 49.7 Å². The molecule has 3 unspecified atom stereocenters. The van der Waals surface area contributed by atoms with Gasteiger partial charge in [0.2, 0.25) is 17.7 Å². The number of carbonyl (C=O) groups excluding carboxylic acids is 4. The molecule has 2 aromatic rings. The number of hydrogen-bond acceptors (Lipinski definition) is 5. The smallest absolute Gasteiger partial charge is 0.452 e. The lowest BCUT2D eigenvalue weighted by Crippen LogP contribution is -2.55. The van der Waals surface area contributed by atoms with E-state index in [1.165, 1.54) is 52.1 Å². The number of halogens is 4. The summed E-state index contributed by atoms with van der Waals surface area (Å²) in [6.45, 7) is 7.41. The average molecular weight is 584 g/mol. The summed E-state index contributed by atoms with van der Waals surface area (Å²) >= 11 is 6.05. The van der Waals surface area contributed by atoms with Crippen LogP contribution in [0.2, 0.25) is 5.02 Å². The van der Waals surface area contributed by atoms with E-state index in [1.54, 1.807) is 38.1 Å². The van der Waals surface area contributed by atoms with E-state index in [-0.39, 0.29) is 5.56 Å². The first-order valence-corrected chi connectivity index (χ1v) is 12.8. The molecule has 0 spiro atoms. The minimum absolute atomic E-state index is 0.214.